The second-order valence-corrected chi connectivity index (χ2v) is 17.3. The van der Waals surface area contributed by atoms with Crippen LogP contribution in [0.5, 0.6) is 11.5 Å². The van der Waals surface area contributed by atoms with Crippen LogP contribution in [0.15, 0.2) is 219 Å². The Bertz CT molecular complexity index is 3460. The van der Waals surface area contributed by atoms with Crippen LogP contribution in [0.4, 0.5) is 34.1 Å². The second kappa shape index (κ2) is 22.6. The average molecular weight is 959 g/mol. The maximum absolute atomic E-state index is 6.23. The summed E-state index contributed by atoms with van der Waals surface area (Å²) in [5.41, 5.74) is 12.0. The molecule has 0 fully saturated rings. The molecule has 4 heterocycles. The average Bonchev–Trinajstić information content (AvgIpc) is 3.43. The Morgan fingerprint density at radius 2 is 0.630 bits per heavy atom. The van der Waals surface area contributed by atoms with Crippen molar-refractivity contribution < 1.29 is 14.9 Å². The van der Waals surface area contributed by atoms with Crippen LogP contribution in [0.3, 0.4) is 0 Å². The van der Waals surface area contributed by atoms with Crippen molar-refractivity contribution in [3.63, 3.8) is 0 Å². The van der Waals surface area contributed by atoms with Crippen molar-refractivity contribution in [2.45, 2.75) is 12.8 Å². The third-order valence-corrected chi connectivity index (χ3v) is 12.6. The van der Waals surface area contributed by atoms with Gasteiger partial charge in [0.15, 0.2) is 0 Å². The molecule has 11 nitrogen and oxygen atoms in total. The molecule has 0 aliphatic carbocycles. The molecule has 73 heavy (non-hydrogen) atoms. The van der Waals surface area contributed by atoms with Crippen molar-refractivity contribution in [1.82, 2.24) is 19.9 Å². The van der Waals surface area contributed by atoms with Crippen LogP contribution < -0.4 is 30.7 Å². The molecule has 12 rings (SSSR count). The fourth-order valence-corrected chi connectivity index (χ4v) is 9.06. The molecule has 0 amide bonds. The first-order valence-electron chi connectivity index (χ1n) is 24.4. The predicted molar refractivity (Wildman–Crippen MR) is 302 cm³/mol. The molecule has 0 saturated heterocycles. The first-order chi connectivity index (χ1) is 35.7. The summed E-state index contributed by atoms with van der Waals surface area (Å²) in [6.07, 6.45) is 5.42. The highest BCUT2D eigenvalue weighted by Gasteiger charge is 2.14. The zero-order valence-corrected chi connectivity index (χ0v) is 40.1. The van der Waals surface area contributed by atoms with Crippen LogP contribution in [0.25, 0.3) is 65.4 Å². The molecule has 0 spiro atoms. The lowest BCUT2D eigenvalue weighted by atomic mass is 10.1. The molecule has 11 heteroatoms. The number of fused-ring (bicyclic) bond motifs is 6. The number of nitrogens with zero attached hydrogens (tertiary/aromatic N) is 4. The Balaban J connectivity index is 0.000000165. The van der Waals surface area contributed by atoms with E-state index in [1.807, 2.05) is 170 Å². The summed E-state index contributed by atoms with van der Waals surface area (Å²) < 4.78 is 12.5. The van der Waals surface area contributed by atoms with Crippen molar-refractivity contribution in [3.8, 4) is 11.5 Å². The third-order valence-electron chi connectivity index (χ3n) is 12.6. The first kappa shape index (κ1) is 47.4. The van der Waals surface area contributed by atoms with Gasteiger partial charge in [0.25, 0.3) is 0 Å². The van der Waals surface area contributed by atoms with E-state index in [0.717, 1.165) is 137 Å². The summed E-state index contributed by atoms with van der Waals surface area (Å²) in [4.78, 5) is 18.5. The number of aromatic nitrogens is 4. The van der Waals surface area contributed by atoms with Crippen molar-refractivity contribution >= 4 is 99.5 Å². The van der Waals surface area contributed by atoms with Gasteiger partial charge in [-0.25, -0.2) is 9.97 Å². The highest BCUT2D eigenvalue weighted by molar-refractivity contribution is 6.10. The first-order valence-corrected chi connectivity index (χ1v) is 24.4. The van der Waals surface area contributed by atoms with Gasteiger partial charge in [-0.1, -0.05) is 133 Å². The van der Waals surface area contributed by atoms with Gasteiger partial charge >= 0.3 is 0 Å². The molecule has 8 aromatic carbocycles. The van der Waals surface area contributed by atoms with E-state index in [1.54, 1.807) is 0 Å². The number of pyridine rings is 4. The fraction of sp³-hybridized carbons (Fsp3) is 0.0968. The van der Waals surface area contributed by atoms with Gasteiger partial charge in [0.05, 0.1) is 69.1 Å². The van der Waals surface area contributed by atoms with Crippen molar-refractivity contribution in [3.05, 3.63) is 219 Å². The van der Waals surface area contributed by atoms with Gasteiger partial charge in [-0.3, -0.25) is 9.97 Å². The zero-order chi connectivity index (χ0) is 48.3. The Morgan fingerprint density at radius 3 is 1.01 bits per heavy atom. The standard InChI is InChI=1S/2C31H26N4O.H2O/c2*1-4-13-25-22(10-1)26(18-20-33-25)32-19-9-21-36-30-17-8-7-16-29(30)35-31-23-11-2-5-14-27(23)34-28-15-6-3-12-24(28)31;/h2*1-8,10-18,20H,9,19,21H2,(H,32,33)(H,34,35);1H2. The molecule has 0 atom stereocenters. The zero-order valence-electron chi connectivity index (χ0n) is 40.1. The lowest BCUT2D eigenvalue weighted by Gasteiger charge is -2.17. The number of nitrogens with one attached hydrogen (secondary N) is 4. The third kappa shape index (κ3) is 10.7. The van der Waals surface area contributed by atoms with E-state index >= 15 is 0 Å². The molecule has 6 N–H and O–H groups in total. The van der Waals surface area contributed by atoms with E-state index < -0.39 is 0 Å². The highest BCUT2D eigenvalue weighted by Crippen LogP contribution is 2.38. The number of hydrogen-bond acceptors (Lipinski definition) is 10. The summed E-state index contributed by atoms with van der Waals surface area (Å²) in [6.45, 7) is 2.82. The predicted octanol–water partition coefficient (Wildman–Crippen LogP) is 14.3. The molecule has 4 aromatic heterocycles. The summed E-state index contributed by atoms with van der Waals surface area (Å²) in [5.74, 6) is 1.66. The highest BCUT2D eigenvalue weighted by atomic mass is 16.5. The molecular weight excluding hydrogens is 905 g/mol. The van der Waals surface area contributed by atoms with Crippen LogP contribution in [0, 0.1) is 0 Å². The molecular formula is C62H54N8O3. The van der Waals surface area contributed by atoms with E-state index in [1.165, 1.54) is 0 Å². The van der Waals surface area contributed by atoms with Gasteiger partial charge in [-0.05, 0) is 85.6 Å². The quantitative estimate of drug-likeness (QED) is 0.0544. The fourth-order valence-electron chi connectivity index (χ4n) is 9.06. The largest absolute Gasteiger partial charge is 0.491 e. The van der Waals surface area contributed by atoms with Gasteiger partial charge in [-0.15, -0.1) is 0 Å². The molecule has 0 unspecified atom stereocenters. The van der Waals surface area contributed by atoms with Crippen molar-refractivity contribution in [2.75, 3.05) is 47.6 Å². The summed E-state index contributed by atoms with van der Waals surface area (Å²) in [7, 11) is 0. The van der Waals surface area contributed by atoms with Gasteiger partial charge in [-0.2, -0.15) is 0 Å². The van der Waals surface area contributed by atoms with Crippen LogP contribution in [0.2, 0.25) is 0 Å². The maximum atomic E-state index is 6.23. The SMILES string of the molecule is O.c1ccc(OCCCNc2ccnc3ccccc23)c(Nc2c3ccccc3nc3ccccc23)c1.c1ccc(OCCCNc2ccnc3ccccc23)c(Nc2c3ccccc3nc3ccccc23)c1. The Labute approximate surface area is 423 Å². The summed E-state index contributed by atoms with van der Waals surface area (Å²) >= 11 is 0. The lowest BCUT2D eigenvalue weighted by molar-refractivity contribution is 0.316. The number of rotatable bonds is 16. The monoisotopic (exact) mass is 958 g/mol. The Morgan fingerprint density at radius 1 is 0.315 bits per heavy atom. The van der Waals surface area contributed by atoms with E-state index in [0.29, 0.717) is 13.2 Å². The molecule has 12 aromatic rings. The summed E-state index contributed by atoms with van der Waals surface area (Å²) in [6, 6.07) is 69.5. The van der Waals surface area contributed by atoms with E-state index in [9.17, 15) is 0 Å². The van der Waals surface area contributed by atoms with Gasteiger partial charge in [0.2, 0.25) is 0 Å². The second-order valence-electron chi connectivity index (χ2n) is 17.3. The topological polar surface area (TPSA) is 150 Å². The van der Waals surface area contributed by atoms with Gasteiger partial charge < -0.3 is 36.2 Å². The van der Waals surface area contributed by atoms with Crippen LogP contribution in [0.1, 0.15) is 12.8 Å². The minimum Gasteiger partial charge on any atom is -0.491 e. The normalized spacial score (nSPS) is 11.0. The van der Waals surface area contributed by atoms with Crippen LogP contribution in [-0.4, -0.2) is 51.7 Å². The molecule has 360 valence electrons. The Kier molecular flexibility index (Phi) is 14.7. The minimum absolute atomic E-state index is 0. The van der Waals surface area contributed by atoms with E-state index in [-0.39, 0.29) is 5.48 Å². The van der Waals surface area contributed by atoms with Crippen molar-refractivity contribution in [1.29, 1.82) is 0 Å². The number of anilines is 6. The van der Waals surface area contributed by atoms with Gasteiger partial charge in [0, 0.05) is 69.2 Å². The lowest BCUT2D eigenvalue weighted by Crippen LogP contribution is -2.08. The minimum atomic E-state index is 0. The number of hydrogen-bond donors (Lipinski definition) is 4. The van der Waals surface area contributed by atoms with E-state index in [4.69, 9.17) is 19.4 Å². The number of para-hydroxylation sites is 10. The molecule has 0 aliphatic heterocycles. The maximum Gasteiger partial charge on any atom is 0.142 e. The summed E-state index contributed by atoms with van der Waals surface area (Å²) in [5, 5.41) is 21.0. The molecule has 0 aliphatic rings. The molecule has 0 saturated carbocycles. The smallest absolute Gasteiger partial charge is 0.142 e. The number of benzene rings is 8. The Hall–Kier alpha value is -9.32. The van der Waals surface area contributed by atoms with Crippen LogP contribution >= 0.6 is 0 Å². The van der Waals surface area contributed by atoms with Crippen molar-refractivity contribution in [2.24, 2.45) is 0 Å². The van der Waals surface area contributed by atoms with Crippen LogP contribution in [-0.2, 0) is 0 Å². The molecule has 0 radical (unpaired) electrons. The van der Waals surface area contributed by atoms with E-state index in [2.05, 4.69) is 79.8 Å². The molecule has 0 bridgehead atoms. The van der Waals surface area contributed by atoms with Gasteiger partial charge in [0.1, 0.15) is 11.5 Å². The number of ether oxygens (including phenoxy) is 2.